The van der Waals surface area contributed by atoms with Crippen LogP contribution in [0.3, 0.4) is 0 Å². The molecule has 0 aliphatic heterocycles. The number of para-hydroxylation sites is 1. The van der Waals surface area contributed by atoms with E-state index in [4.69, 9.17) is 10.5 Å². The zero-order valence-electron chi connectivity index (χ0n) is 14.4. The summed E-state index contributed by atoms with van der Waals surface area (Å²) in [7, 11) is 0. The standard InChI is InChI=1S/C19H21N3O4/c1-13-7-5-6-10-15(13)21-17(23)12-26-18(24)16(22-19(20)25)11-14-8-3-2-4-9-14/h2-10,16H,11-12H2,1H3,(H,21,23)(H3,20,22,25)/t16-/m0/s1. The van der Waals surface area contributed by atoms with Crippen LogP contribution in [0.15, 0.2) is 54.6 Å². The van der Waals surface area contributed by atoms with Crippen molar-refractivity contribution in [2.45, 2.75) is 19.4 Å². The van der Waals surface area contributed by atoms with E-state index in [9.17, 15) is 14.4 Å². The highest BCUT2D eigenvalue weighted by Gasteiger charge is 2.22. The van der Waals surface area contributed by atoms with Gasteiger partial charge in [0.05, 0.1) is 0 Å². The monoisotopic (exact) mass is 355 g/mol. The quantitative estimate of drug-likeness (QED) is 0.657. The average molecular weight is 355 g/mol. The summed E-state index contributed by atoms with van der Waals surface area (Å²) in [6.45, 7) is 1.40. The van der Waals surface area contributed by atoms with Gasteiger partial charge in [0.15, 0.2) is 6.61 Å². The fourth-order valence-electron chi connectivity index (χ4n) is 2.35. The Morgan fingerprint density at radius 3 is 2.35 bits per heavy atom. The molecule has 0 unspecified atom stereocenters. The van der Waals surface area contributed by atoms with Gasteiger partial charge >= 0.3 is 12.0 Å². The largest absolute Gasteiger partial charge is 0.454 e. The van der Waals surface area contributed by atoms with Gasteiger partial charge in [-0.15, -0.1) is 0 Å². The van der Waals surface area contributed by atoms with E-state index in [1.165, 1.54) is 0 Å². The van der Waals surface area contributed by atoms with E-state index >= 15 is 0 Å². The van der Waals surface area contributed by atoms with Gasteiger partial charge < -0.3 is 21.1 Å². The van der Waals surface area contributed by atoms with Crippen LogP contribution in [0.4, 0.5) is 10.5 Å². The third-order valence-electron chi connectivity index (χ3n) is 3.65. The molecular formula is C19H21N3O4. The third kappa shape index (κ3) is 5.94. The number of anilines is 1. The number of aryl methyl sites for hydroxylation is 1. The summed E-state index contributed by atoms with van der Waals surface area (Å²) < 4.78 is 5.03. The van der Waals surface area contributed by atoms with E-state index in [0.717, 1.165) is 11.1 Å². The number of nitrogens with two attached hydrogens (primary N) is 1. The number of carbonyl (C=O) groups excluding carboxylic acids is 3. The molecule has 3 amide bonds. The maximum atomic E-state index is 12.2. The molecule has 0 spiro atoms. The number of esters is 1. The van der Waals surface area contributed by atoms with Gasteiger partial charge in [-0.1, -0.05) is 48.5 Å². The third-order valence-corrected chi connectivity index (χ3v) is 3.65. The first kappa shape index (κ1) is 19.0. The predicted molar refractivity (Wildman–Crippen MR) is 97.4 cm³/mol. The van der Waals surface area contributed by atoms with Crippen molar-refractivity contribution in [2.24, 2.45) is 5.73 Å². The summed E-state index contributed by atoms with van der Waals surface area (Å²) in [6, 6.07) is 14.5. The second-order valence-electron chi connectivity index (χ2n) is 5.72. The number of hydrogen-bond acceptors (Lipinski definition) is 4. The number of hydrogen-bond donors (Lipinski definition) is 3. The Hall–Kier alpha value is -3.35. The maximum Gasteiger partial charge on any atom is 0.329 e. The van der Waals surface area contributed by atoms with Crippen molar-refractivity contribution in [2.75, 3.05) is 11.9 Å². The molecule has 0 saturated carbocycles. The van der Waals surface area contributed by atoms with Gasteiger partial charge in [-0.05, 0) is 24.1 Å². The van der Waals surface area contributed by atoms with Gasteiger partial charge in [-0.3, -0.25) is 4.79 Å². The minimum atomic E-state index is -0.971. The van der Waals surface area contributed by atoms with Crippen molar-refractivity contribution in [1.82, 2.24) is 5.32 Å². The van der Waals surface area contributed by atoms with E-state index in [0.29, 0.717) is 5.69 Å². The molecule has 0 fully saturated rings. The highest BCUT2D eigenvalue weighted by Crippen LogP contribution is 2.13. The first-order chi connectivity index (χ1) is 12.5. The van der Waals surface area contributed by atoms with Crippen molar-refractivity contribution in [3.63, 3.8) is 0 Å². The Balaban J connectivity index is 1.92. The van der Waals surface area contributed by atoms with Crippen LogP contribution in [0.1, 0.15) is 11.1 Å². The minimum Gasteiger partial charge on any atom is -0.454 e. The molecule has 26 heavy (non-hydrogen) atoms. The number of primary amides is 1. The number of nitrogens with one attached hydrogen (secondary N) is 2. The molecule has 1 atom stereocenters. The first-order valence-electron chi connectivity index (χ1n) is 8.07. The second-order valence-corrected chi connectivity index (χ2v) is 5.72. The summed E-state index contributed by atoms with van der Waals surface area (Å²) in [5.74, 6) is -1.20. The number of rotatable bonds is 7. The zero-order valence-corrected chi connectivity index (χ0v) is 14.4. The molecule has 0 saturated heterocycles. The Labute approximate surface area is 151 Å². The van der Waals surface area contributed by atoms with Gasteiger partial charge in [0.25, 0.3) is 5.91 Å². The molecule has 2 aromatic carbocycles. The first-order valence-corrected chi connectivity index (χ1v) is 8.07. The molecule has 0 bridgehead atoms. The zero-order chi connectivity index (χ0) is 18.9. The molecule has 2 aromatic rings. The van der Waals surface area contributed by atoms with E-state index in [1.807, 2.05) is 49.4 Å². The second kappa shape index (κ2) is 9.22. The van der Waals surface area contributed by atoms with Crippen LogP contribution in [0.5, 0.6) is 0 Å². The summed E-state index contributed by atoms with van der Waals surface area (Å²) in [6.07, 6.45) is 0.210. The molecule has 0 aromatic heterocycles. The van der Waals surface area contributed by atoms with Crippen LogP contribution < -0.4 is 16.4 Å². The lowest BCUT2D eigenvalue weighted by molar-refractivity contribution is -0.149. The molecule has 2 rings (SSSR count). The maximum absolute atomic E-state index is 12.2. The summed E-state index contributed by atoms with van der Waals surface area (Å²) >= 11 is 0. The molecule has 0 radical (unpaired) electrons. The van der Waals surface area contributed by atoms with Crippen molar-refractivity contribution in [1.29, 1.82) is 0 Å². The molecule has 136 valence electrons. The number of carbonyl (C=O) groups is 3. The Bertz CT molecular complexity index is 777. The predicted octanol–water partition coefficient (Wildman–Crippen LogP) is 1.76. The SMILES string of the molecule is Cc1ccccc1NC(=O)COC(=O)[C@H](Cc1ccccc1)NC(N)=O. The molecule has 0 aliphatic carbocycles. The van der Waals surface area contributed by atoms with E-state index in [-0.39, 0.29) is 6.42 Å². The van der Waals surface area contributed by atoms with Crippen molar-refractivity contribution < 1.29 is 19.1 Å². The van der Waals surface area contributed by atoms with E-state index in [1.54, 1.807) is 12.1 Å². The summed E-state index contributed by atoms with van der Waals surface area (Å²) in [5.41, 5.74) is 7.49. The van der Waals surface area contributed by atoms with Crippen LogP contribution >= 0.6 is 0 Å². The lowest BCUT2D eigenvalue weighted by Gasteiger charge is -2.16. The Morgan fingerprint density at radius 2 is 1.69 bits per heavy atom. The van der Waals surface area contributed by atoms with E-state index in [2.05, 4.69) is 10.6 Å². The summed E-state index contributed by atoms with van der Waals surface area (Å²) in [4.78, 5) is 35.4. The molecule has 0 heterocycles. The lowest BCUT2D eigenvalue weighted by Crippen LogP contribution is -2.46. The van der Waals surface area contributed by atoms with Crippen molar-refractivity contribution >= 4 is 23.6 Å². The molecule has 7 nitrogen and oxygen atoms in total. The van der Waals surface area contributed by atoms with Gasteiger partial charge in [-0.25, -0.2) is 9.59 Å². The van der Waals surface area contributed by atoms with Gasteiger partial charge in [0.2, 0.25) is 0 Å². The van der Waals surface area contributed by atoms with Crippen LogP contribution in [0.2, 0.25) is 0 Å². The molecule has 0 aliphatic rings. The minimum absolute atomic E-state index is 0.210. The average Bonchev–Trinajstić information content (AvgIpc) is 2.61. The fourth-order valence-corrected chi connectivity index (χ4v) is 2.35. The van der Waals surface area contributed by atoms with Crippen molar-refractivity contribution in [3.05, 3.63) is 65.7 Å². The Morgan fingerprint density at radius 1 is 1.04 bits per heavy atom. The topological polar surface area (TPSA) is 111 Å². The fraction of sp³-hybridized carbons (Fsp3) is 0.211. The normalized spacial score (nSPS) is 11.3. The molecule has 7 heteroatoms. The molecule has 4 N–H and O–H groups in total. The summed E-state index contributed by atoms with van der Waals surface area (Å²) in [5, 5.41) is 5.01. The van der Waals surface area contributed by atoms with Crippen LogP contribution in [-0.2, 0) is 20.7 Å². The van der Waals surface area contributed by atoms with Crippen molar-refractivity contribution in [3.8, 4) is 0 Å². The highest BCUT2D eigenvalue weighted by atomic mass is 16.5. The lowest BCUT2D eigenvalue weighted by atomic mass is 10.1. The number of amides is 3. The van der Waals surface area contributed by atoms with Crippen LogP contribution in [-0.4, -0.2) is 30.6 Å². The van der Waals surface area contributed by atoms with Gasteiger partial charge in [-0.2, -0.15) is 0 Å². The number of benzene rings is 2. The number of urea groups is 1. The van der Waals surface area contributed by atoms with Gasteiger partial charge in [0.1, 0.15) is 6.04 Å². The molecular weight excluding hydrogens is 334 g/mol. The van der Waals surface area contributed by atoms with Crippen LogP contribution in [0, 0.1) is 6.92 Å². The Kier molecular flexibility index (Phi) is 6.73. The van der Waals surface area contributed by atoms with E-state index < -0.39 is 30.6 Å². The highest BCUT2D eigenvalue weighted by molar-refractivity contribution is 5.94. The number of ether oxygens (including phenoxy) is 1. The van der Waals surface area contributed by atoms with Gasteiger partial charge in [0, 0.05) is 12.1 Å². The van der Waals surface area contributed by atoms with Crippen LogP contribution in [0.25, 0.3) is 0 Å². The smallest absolute Gasteiger partial charge is 0.329 e.